The topological polar surface area (TPSA) is 63.5 Å². The second-order valence-corrected chi connectivity index (χ2v) is 7.88. The zero-order chi connectivity index (χ0) is 21.1. The number of pyridine rings is 1. The number of ether oxygens (including phenoxy) is 1. The minimum Gasteiger partial charge on any atom is -0.500 e. The first-order valence-corrected chi connectivity index (χ1v) is 11.3. The maximum atomic E-state index is 12.4. The lowest BCUT2D eigenvalue weighted by molar-refractivity contribution is 0.291. The van der Waals surface area contributed by atoms with Crippen LogP contribution in [0.2, 0.25) is 0 Å². The predicted octanol–water partition coefficient (Wildman–Crippen LogP) is 5.98. The van der Waals surface area contributed by atoms with Gasteiger partial charge in [0.2, 0.25) is 5.75 Å². The molecule has 0 unspecified atom stereocenters. The molecule has 0 saturated heterocycles. The molecule has 1 heterocycles. The van der Waals surface area contributed by atoms with Crippen molar-refractivity contribution in [3.8, 4) is 11.5 Å². The Hall–Kier alpha value is -2.17. The normalized spacial score (nSPS) is 11.1. The molecule has 2 N–H and O–H groups in total. The SMILES string of the molecule is CCCCCCCCNc1ccc2c(OCCCCCC)c(O)c(=O)n(C)c2c1. The summed E-state index contributed by atoms with van der Waals surface area (Å²) in [6.07, 6.45) is 11.9. The minimum atomic E-state index is -0.422. The molecule has 0 amide bonds. The maximum absolute atomic E-state index is 12.4. The van der Waals surface area contributed by atoms with Crippen molar-refractivity contribution in [3.63, 3.8) is 0 Å². The first kappa shape index (κ1) is 23.1. The van der Waals surface area contributed by atoms with Crippen molar-refractivity contribution in [2.45, 2.75) is 78.1 Å². The number of unbranched alkanes of at least 4 members (excludes halogenated alkanes) is 8. The Morgan fingerprint density at radius 2 is 1.62 bits per heavy atom. The summed E-state index contributed by atoms with van der Waals surface area (Å²) in [4.78, 5) is 12.4. The van der Waals surface area contributed by atoms with Crippen molar-refractivity contribution in [3.05, 3.63) is 28.6 Å². The maximum Gasteiger partial charge on any atom is 0.296 e. The first-order chi connectivity index (χ1) is 14.1. The average Bonchev–Trinajstić information content (AvgIpc) is 2.73. The van der Waals surface area contributed by atoms with E-state index in [0.29, 0.717) is 12.4 Å². The van der Waals surface area contributed by atoms with Crippen molar-refractivity contribution in [1.82, 2.24) is 4.57 Å². The van der Waals surface area contributed by atoms with Crippen LogP contribution in [-0.2, 0) is 7.05 Å². The molecule has 29 heavy (non-hydrogen) atoms. The van der Waals surface area contributed by atoms with Crippen molar-refractivity contribution in [2.24, 2.45) is 7.05 Å². The summed E-state index contributed by atoms with van der Waals surface area (Å²) in [6, 6.07) is 5.89. The fourth-order valence-electron chi connectivity index (χ4n) is 3.59. The number of anilines is 1. The molecular weight excluding hydrogens is 364 g/mol. The van der Waals surface area contributed by atoms with E-state index in [2.05, 4.69) is 19.2 Å². The number of hydrogen-bond acceptors (Lipinski definition) is 4. The van der Waals surface area contributed by atoms with Crippen molar-refractivity contribution >= 4 is 16.6 Å². The summed E-state index contributed by atoms with van der Waals surface area (Å²) < 4.78 is 7.32. The lowest BCUT2D eigenvalue weighted by Gasteiger charge is -2.15. The van der Waals surface area contributed by atoms with Gasteiger partial charge in [-0.25, -0.2) is 0 Å². The molecule has 0 saturated carbocycles. The Balaban J connectivity index is 2.05. The fraction of sp³-hybridized carbons (Fsp3) is 0.625. The zero-order valence-corrected chi connectivity index (χ0v) is 18.4. The molecule has 0 bridgehead atoms. The van der Waals surface area contributed by atoms with E-state index in [1.165, 1.54) is 43.1 Å². The molecule has 2 aromatic rings. The third kappa shape index (κ3) is 6.69. The lowest BCUT2D eigenvalue weighted by atomic mass is 10.1. The summed E-state index contributed by atoms with van der Waals surface area (Å²) in [5, 5.41) is 14.6. The van der Waals surface area contributed by atoms with Gasteiger partial charge in [0.05, 0.1) is 12.1 Å². The van der Waals surface area contributed by atoms with E-state index < -0.39 is 5.56 Å². The molecule has 0 radical (unpaired) electrons. The quantitative estimate of drug-likeness (QED) is 0.382. The van der Waals surface area contributed by atoms with Gasteiger partial charge in [0.1, 0.15) is 0 Å². The van der Waals surface area contributed by atoms with Gasteiger partial charge < -0.3 is 19.7 Å². The molecule has 5 heteroatoms. The highest BCUT2D eigenvalue weighted by atomic mass is 16.5. The number of nitrogens with zero attached hydrogens (tertiary/aromatic N) is 1. The summed E-state index contributed by atoms with van der Waals surface area (Å²) >= 11 is 0. The van der Waals surface area contributed by atoms with Crippen molar-refractivity contribution < 1.29 is 9.84 Å². The average molecular weight is 403 g/mol. The number of nitrogens with one attached hydrogen (secondary N) is 1. The van der Waals surface area contributed by atoms with Gasteiger partial charge in [-0.3, -0.25) is 4.79 Å². The van der Waals surface area contributed by atoms with Gasteiger partial charge in [-0.05, 0) is 31.0 Å². The van der Waals surface area contributed by atoms with Gasteiger partial charge in [0.25, 0.3) is 5.56 Å². The third-order valence-electron chi connectivity index (χ3n) is 5.43. The molecule has 0 aliphatic carbocycles. The Bertz CT molecular complexity index is 814. The van der Waals surface area contributed by atoms with Gasteiger partial charge >= 0.3 is 0 Å². The van der Waals surface area contributed by atoms with Gasteiger partial charge in [0, 0.05) is 24.7 Å². The van der Waals surface area contributed by atoms with Crippen LogP contribution < -0.4 is 15.6 Å². The van der Waals surface area contributed by atoms with E-state index in [1.807, 2.05) is 18.2 Å². The van der Waals surface area contributed by atoms with E-state index >= 15 is 0 Å². The lowest BCUT2D eigenvalue weighted by Crippen LogP contribution is -2.18. The molecule has 0 fully saturated rings. The van der Waals surface area contributed by atoms with Gasteiger partial charge in [-0.15, -0.1) is 0 Å². The number of aromatic nitrogens is 1. The molecular formula is C24H38N2O3. The molecule has 162 valence electrons. The summed E-state index contributed by atoms with van der Waals surface area (Å²) in [5.74, 6) is 0.00496. The van der Waals surface area contributed by atoms with E-state index in [0.717, 1.165) is 48.8 Å². The smallest absolute Gasteiger partial charge is 0.296 e. The summed E-state index contributed by atoms with van der Waals surface area (Å²) in [7, 11) is 1.69. The van der Waals surface area contributed by atoms with E-state index in [1.54, 1.807) is 7.05 Å². The van der Waals surface area contributed by atoms with Crippen LogP contribution >= 0.6 is 0 Å². The summed E-state index contributed by atoms with van der Waals surface area (Å²) in [6.45, 7) is 5.83. The van der Waals surface area contributed by atoms with E-state index in [-0.39, 0.29) is 5.75 Å². The fourth-order valence-corrected chi connectivity index (χ4v) is 3.59. The number of rotatable bonds is 14. The van der Waals surface area contributed by atoms with Crippen LogP contribution in [0.25, 0.3) is 10.9 Å². The highest BCUT2D eigenvalue weighted by Gasteiger charge is 2.16. The molecule has 1 aromatic carbocycles. The Morgan fingerprint density at radius 1 is 0.966 bits per heavy atom. The van der Waals surface area contributed by atoms with E-state index in [9.17, 15) is 9.90 Å². The monoisotopic (exact) mass is 402 g/mol. The van der Waals surface area contributed by atoms with Gasteiger partial charge in [-0.2, -0.15) is 0 Å². The van der Waals surface area contributed by atoms with Crippen molar-refractivity contribution in [2.75, 3.05) is 18.5 Å². The first-order valence-electron chi connectivity index (χ1n) is 11.3. The number of fused-ring (bicyclic) bond motifs is 1. The van der Waals surface area contributed by atoms with Crippen LogP contribution in [0, 0.1) is 0 Å². The molecule has 5 nitrogen and oxygen atoms in total. The van der Waals surface area contributed by atoms with Crippen LogP contribution in [0.4, 0.5) is 5.69 Å². The van der Waals surface area contributed by atoms with Crippen molar-refractivity contribution in [1.29, 1.82) is 0 Å². The second-order valence-electron chi connectivity index (χ2n) is 7.88. The zero-order valence-electron chi connectivity index (χ0n) is 18.4. The Kier molecular flexibility index (Phi) is 9.89. The largest absolute Gasteiger partial charge is 0.500 e. The van der Waals surface area contributed by atoms with Gasteiger partial charge in [0.15, 0.2) is 5.75 Å². The summed E-state index contributed by atoms with van der Waals surface area (Å²) in [5.41, 5.74) is 1.33. The molecule has 2 rings (SSSR count). The second kappa shape index (κ2) is 12.4. The number of aromatic hydroxyl groups is 1. The van der Waals surface area contributed by atoms with Crippen LogP contribution in [-0.4, -0.2) is 22.8 Å². The predicted molar refractivity (Wildman–Crippen MR) is 122 cm³/mol. The number of hydrogen-bond donors (Lipinski definition) is 2. The number of benzene rings is 1. The standard InChI is InChI=1S/C24H38N2O3/c1-4-6-8-10-11-12-16-25-19-14-15-20-21(18-19)26(3)24(28)22(27)23(20)29-17-13-9-7-5-2/h14-15,18,25,27H,4-13,16-17H2,1-3H3. The van der Waals surface area contributed by atoms with Gasteiger partial charge in [-0.1, -0.05) is 65.2 Å². The van der Waals surface area contributed by atoms with E-state index in [4.69, 9.17) is 4.74 Å². The van der Waals surface area contributed by atoms with Crippen LogP contribution in [0.15, 0.2) is 23.0 Å². The molecule has 0 aliphatic rings. The molecule has 1 aromatic heterocycles. The number of aryl methyl sites for hydroxylation is 1. The molecule has 0 atom stereocenters. The van der Waals surface area contributed by atoms with Crippen LogP contribution in [0.3, 0.4) is 0 Å². The third-order valence-corrected chi connectivity index (χ3v) is 5.43. The highest BCUT2D eigenvalue weighted by molar-refractivity contribution is 5.90. The minimum absolute atomic E-state index is 0.303. The molecule has 0 spiro atoms. The van der Waals surface area contributed by atoms with Crippen LogP contribution in [0.5, 0.6) is 11.5 Å². The van der Waals surface area contributed by atoms with Crippen LogP contribution in [0.1, 0.15) is 78.1 Å². The Labute approximate surface area is 175 Å². The molecule has 0 aliphatic heterocycles. The highest BCUT2D eigenvalue weighted by Crippen LogP contribution is 2.33. The Morgan fingerprint density at radius 3 is 2.34 bits per heavy atom.